The molecule has 0 aromatic heterocycles. The van der Waals surface area contributed by atoms with Crippen molar-refractivity contribution in [3.05, 3.63) is 28.2 Å². The lowest BCUT2D eigenvalue weighted by Crippen LogP contribution is -2.00. The molecular formula is C8H7BrF2O2. The molecule has 0 bridgehead atoms. The van der Waals surface area contributed by atoms with Gasteiger partial charge < -0.3 is 9.47 Å². The zero-order valence-corrected chi connectivity index (χ0v) is 8.40. The van der Waals surface area contributed by atoms with Crippen molar-refractivity contribution < 1.29 is 18.3 Å². The number of hydrogen-bond acceptors (Lipinski definition) is 2. The fraction of sp³-hybridized carbons (Fsp3) is 0.250. The second-order valence-corrected chi connectivity index (χ2v) is 3.04. The fourth-order valence-corrected chi connectivity index (χ4v) is 1.10. The first kappa shape index (κ1) is 10.4. The third-order valence-electron chi connectivity index (χ3n) is 1.29. The summed E-state index contributed by atoms with van der Waals surface area (Å²) in [4.78, 5) is 0. The zero-order valence-electron chi connectivity index (χ0n) is 6.81. The number of benzene rings is 1. The van der Waals surface area contributed by atoms with Gasteiger partial charge in [0.25, 0.3) is 0 Å². The van der Waals surface area contributed by atoms with Crippen LogP contribution in [0.1, 0.15) is 0 Å². The van der Waals surface area contributed by atoms with Gasteiger partial charge in [-0.25, -0.2) is 8.78 Å². The highest BCUT2D eigenvalue weighted by Gasteiger charge is 2.09. The van der Waals surface area contributed by atoms with Crippen LogP contribution in [0.2, 0.25) is 0 Å². The molecule has 0 aliphatic carbocycles. The maximum atomic E-state index is 12.9. The molecule has 0 fully saturated rings. The smallest absolute Gasteiger partial charge is 0.188 e. The van der Waals surface area contributed by atoms with Gasteiger partial charge in [0.1, 0.15) is 17.4 Å². The first-order valence-electron chi connectivity index (χ1n) is 3.41. The van der Waals surface area contributed by atoms with Crippen LogP contribution in [0, 0.1) is 11.6 Å². The van der Waals surface area contributed by atoms with Crippen LogP contribution in [0.15, 0.2) is 16.6 Å². The van der Waals surface area contributed by atoms with Gasteiger partial charge in [0.15, 0.2) is 6.79 Å². The predicted molar refractivity (Wildman–Crippen MR) is 46.6 cm³/mol. The Morgan fingerprint density at radius 2 is 2.08 bits per heavy atom. The van der Waals surface area contributed by atoms with Crippen molar-refractivity contribution in [1.82, 2.24) is 0 Å². The van der Waals surface area contributed by atoms with E-state index in [-0.39, 0.29) is 17.0 Å². The fourth-order valence-electron chi connectivity index (χ4n) is 0.760. The van der Waals surface area contributed by atoms with Gasteiger partial charge in [-0.2, -0.15) is 0 Å². The van der Waals surface area contributed by atoms with Crippen LogP contribution in [0.25, 0.3) is 0 Å². The molecule has 0 spiro atoms. The van der Waals surface area contributed by atoms with Gasteiger partial charge in [-0.3, -0.25) is 0 Å². The first-order chi connectivity index (χ1) is 6.15. The molecule has 1 rings (SSSR count). The topological polar surface area (TPSA) is 18.5 Å². The molecule has 1 aromatic carbocycles. The third kappa shape index (κ3) is 2.63. The summed E-state index contributed by atoms with van der Waals surface area (Å²) >= 11 is 2.92. The zero-order chi connectivity index (χ0) is 9.84. The summed E-state index contributed by atoms with van der Waals surface area (Å²) in [6.07, 6.45) is 0. The standard InChI is InChI=1S/C8H7BrF2O2/c1-12-4-13-7-3-5(10)2-6(11)8(7)9/h2-3H,4H2,1H3. The summed E-state index contributed by atoms with van der Waals surface area (Å²) in [5.74, 6) is -1.31. The van der Waals surface area contributed by atoms with Crippen molar-refractivity contribution in [2.45, 2.75) is 0 Å². The molecule has 0 saturated heterocycles. The molecule has 0 aliphatic rings. The van der Waals surface area contributed by atoms with Crippen LogP contribution >= 0.6 is 15.9 Å². The lowest BCUT2D eigenvalue weighted by molar-refractivity contribution is 0.0501. The molecule has 5 heteroatoms. The van der Waals surface area contributed by atoms with Gasteiger partial charge in [0, 0.05) is 19.2 Å². The highest BCUT2D eigenvalue weighted by atomic mass is 79.9. The van der Waals surface area contributed by atoms with Gasteiger partial charge in [-0.15, -0.1) is 0 Å². The molecule has 0 saturated carbocycles. The van der Waals surface area contributed by atoms with E-state index < -0.39 is 11.6 Å². The Kier molecular flexibility index (Phi) is 3.62. The number of methoxy groups -OCH3 is 1. The van der Waals surface area contributed by atoms with Crippen LogP contribution in [0.3, 0.4) is 0 Å². The van der Waals surface area contributed by atoms with Gasteiger partial charge in [0.2, 0.25) is 0 Å². The minimum absolute atomic E-state index is 0.0541. The molecule has 0 radical (unpaired) electrons. The van der Waals surface area contributed by atoms with E-state index in [1.807, 2.05) is 0 Å². The normalized spacial score (nSPS) is 10.2. The average Bonchev–Trinajstić information content (AvgIpc) is 2.09. The Bertz CT molecular complexity index is 304. The summed E-state index contributed by atoms with van der Waals surface area (Å²) in [6.45, 7) is -0.0541. The third-order valence-corrected chi connectivity index (χ3v) is 2.06. The second kappa shape index (κ2) is 4.53. The number of halogens is 3. The Morgan fingerprint density at radius 1 is 1.38 bits per heavy atom. The highest BCUT2D eigenvalue weighted by molar-refractivity contribution is 9.10. The quantitative estimate of drug-likeness (QED) is 0.609. The summed E-state index contributed by atoms with van der Waals surface area (Å²) in [7, 11) is 1.42. The summed E-state index contributed by atoms with van der Waals surface area (Å²) < 4.78 is 35.1. The predicted octanol–water partition coefficient (Wildman–Crippen LogP) is 2.71. The first-order valence-corrected chi connectivity index (χ1v) is 4.20. The van der Waals surface area contributed by atoms with Gasteiger partial charge in [-0.05, 0) is 15.9 Å². The molecule has 72 valence electrons. The molecule has 13 heavy (non-hydrogen) atoms. The number of ether oxygens (including phenoxy) is 2. The largest absolute Gasteiger partial charge is 0.466 e. The Hall–Kier alpha value is -0.680. The van der Waals surface area contributed by atoms with Crippen LogP contribution in [-0.4, -0.2) is 13.9 Å². The monoisotopic (exact) mass is 252 g/mol. The molecule has 0 N–H and O–H groups in total. The molecule has 0 unspecified atom stereocenters. The Morgan fingerprint density at radius 3 is 2.69 bits per heavy atom. The maximum Gasteiger partial charge on any atom is 0.188 e. The molecule has 0 heterocycles. The van der Waals surface area contributed by atoms with Gasteiger partial charge >= 0.3 is 0 Å². The van der Waals surface area contributed by atoms with Gasteiger partial charge in [-0.1, -0.05) is 0 Å². The minimum atomic E-state index is -0.703. The Balaban J connectivity index is 2.92. The van der Waals surface area contributed by atoms with Crippen molar-refractivity contribution in [3.63, 3.8) is 0 Å². The molecule has 0 amide bonds. The van der Waals surface area contributed by atoms with Crippen molar-refractivity contribution in [2.24, 2.45) is 0 Å². The second-order valence-electron chi connectivity index (χ2n) is 2.25. The van der Waals surface area contributed by atoms with Crippen molar-refractivity contribution in [3.8, 4) is 5.75 Å². The summed E-state index contributed by atoms with van der Waals surface area (Å²) in [5.41, 5.74) is 0. The van der Waals surface area contributed by atoms with E-state index in [0.29, 0.717) is 0 Å². The highest BCUT2D eigenvalue weighted by Crippen LogP contribution is 2.28. The van der Waals surface area contributed by atoms with E-state index in [4.69, 9.17) is 4.74 Å². The summed E-state index contributed by atoms with van der Waals surface area (Å²) in [6, 6.07) is 1.84. The van der Waals surface area contributed by atoms with Crippen molar-refractivity contribution in [1.29, 1.82) is 0 Å². The number of rotatable bonds is 3. The molecule has 2 nitrogen and oxygen atoms in total. The van der Waals surface area contributed by atoms with Crippen LogP contribution < -0.4 is 4.74 Å². The van der Waals surface area contributed by atoms with E-state index in [9.17, 15) is 8.78 Å². The molecule has 0 aliphatic heterocycles. The van der Waals surface area contributed by atoms with Crippen molar-refractivity contribution in [2.75, 3.05) is 13.9 Å². The van der Waals surface area contributed by atoms with E-state index in [1.54, 1.807) is 0 Å². The van der Waals surface area contributed by atoms with Crippen molar-refractivity contribution >= 4 is 15.9 Å². The lowest BCUT2D eigenvalue weighted by atomic mass is 10.3. The van der Waals surface area contributed by atoms with E-state index in [0.717, 1.165) is 12.1 Å². The average molecular weight is 253 g/mol. The minimum Gasteiger partial charge on any atom is -0.466 e. The lowest BCUT2D eigenvalue weighted by Gasteiger charge is -2.07. The molecular weight excluding hydrogens is 246 g/mol. The summed E-state index contributed by atoms with van der Waals surface area (Å²) in [5, 5.41) is 0. The SMILES string of the molecule is COCOc1cc(F)cc(F)c1Br. The van der Waals surface area contributed by atoms with Crippen LogP contribution in [0.4, 0.5) is 8.78 Å². The van der Waals surface area contributed by atoms with E-state index >= 15 is 0 Å². The maximum absolute atomic E-state index is 12.9. The van der Waals surface area contributed by atoms with E-state index in [2.05, 4.69) is 20.7 Å². The molecule has 1 aromatic rings. The van der Waals surface area contributed by atoms with Crippen LogP contribution in [0.5, 0.6) is 5.75 Å². The van der Waals surface area contributed by atoms with Crippen LogP contribution in [-0.2, 0) is 4.74 Å². The molecule has 0 atom stereocenters. The van der Waals surface area contributed by atoms with E-state index in [1.165, 1.54) is 7.11 Å². The van der Waals surface area contributed by atoms with Gasteiger partial charge in [0.05, 0.1) is 4.47 Å². The Labute approximate surface area is 82.6 Å². The number of hydrogen-bond donors (Lipinski definition) is 0.